The van der Waals surface area contributed by atoms with Gasteiger partial charge in [0.1, 0.15) is 0 Å². The van der Waals surface area contributed by atoms with Crippen molar-refractivity contribution in [1.82, 2.24) is 0 Å². The number of carbonyl (C=O) groups is 3. The molecule has 0 aromatic heterocycles. The van der Waals surface area contributed by atoms with Crippen molar-refractivity contribution < 1.29 is 30.8 Å². The third kappa shape index (κ3) is 92.2. The molecule has 0 unspecified atom stereocenters. The van der Waals surface area contributed by atoms with Crippen LogP contribution in [-0.4, -0.2) is 20.5 Å². The minimum Gasteiger partial charge on any atom is -0.281 e. The summed E-state index contributed by atoms with van der Waals surface area (Å²) in [6.45, 7) is -4.08. The molecule has 0 spiro atoms. The third-order valence-corrected chi connectivity index (χ3v) is 0.851. The number of hydrogen-bond acceptors (Lipinski definition) is 3. The molecule has 0 aromatic rings. The van der Waals surface area contributed by atoms with Crippen molar-refractivity contribution in [2.45, 2.75) is 39.8 Å². The predicted molar refractivity (Wildman–Crippen MR) is 83.1 cm³/mol. The van der Waals surface area contributed by atoms with Crippen LogP contribution in [0, 0.1) is 0 Å². The van der Waals surface area contributed by atoms with Crippen molar-refractivity contribution in [2.24, 2.45) is 0 Å². The van der Waals surface area contributed by atoms with E-state index in [4.69, 9.17) is 51.3 Å². The lowest BCUT2D eigenvalue weighted by atomic mass is 10.6. The monoisotopic (exact) mass is 416 g/mol. The maximum absolute atomic E-state index is 10.1. The number of rotatable bonds is 3. The van der Waals surface area contributed by atoms with Gasteiger partial charge in [0.2, 0.25) is 15.7 Å². The summed E-state index contributed by atoms with van der Waals surface area (Å²) >= 11 is 21.4. The quantitative estimate of drug-likeness (QED) is 0.475. The topological polar surface area (TPSA) is 51.2 Å². The summed E-state index contributed by atoms with van der Waals surface area (Å²) in [5, 5.41) is -3.26. The van der Waals surface area contributed by atoms with E-state index >= 15 is 0 Å². The Morgan fingerprint density at radius 3 is 1.44 bits per heavy atom. The second-order valence-electron chi connectivity index (χ2n) is 1.53. The van der Waals surface area contributed by atoms with Crippen molar-refractivity contribution in [2.75, 3.05) is 4.74 Å². The fourth-order valence-electron chi connectivity index (χ4n) is 0. The van der Waals surface area contributed by atoms with Gasteiger partial charge in [0.15, 0.2) is 0 Å². The molecule has 0 fully saturated rings. The maximum atomic E-state index is 10.1. The summed E-state index contributed by atoms with van der Waals surface area (Å²) in [7, 11) is 0. The fraction of sp³-hybridized carbons (Fsp3) is 0.700. The highest BCUT2D eigenvalue weighted by atomic mass is 79.9. The molecular formula is C10H17BrCl4O3. The molecule has 3 nitrogen and oxygen atoms in total. The summed E-state index contributed by atoms with van der Waals surface area (Å²) in [6, 6.07) is 0. The Balaban J connectivity index is -0.000000155. The lowest BCUT2D eigenvalue weighted by molar-refractivity contribution is -0.112. The van der Waals surface area contributed by atoms with Crippen molar-refractivity contribution >= 4 is 78.1 Å². The van der Waals surface area contributed by atoms with Crippen LogP contribution in [0.3, 0.4) is 0 Å². The Bertz CT molecular complexity index is 548. The smallest absolute Gasteiger partial charge is 0.221 e. The van der Waals surface area contributed by atoms with Gasteiger partial charge >= 0.3 is 0 Å². The van der Waals surface area contributed by atoms with Crippen LogP contribution in [0.1, 0.15) is 56.2 Å². The molecule has 0 atom stereocenters. The molecule has 8 heteroatoms. The molecule has 0 aliphatic heterocycles. The van der Waals surface area contributed by atoms with E-state index in [-0.39, 0.29) is 0 Å². The molecule has 110 valence electrons. The number of hydrogen-bond donors (Lipinski definition) is 0. The van der Waals surface area contributed by atoms with E-state index in [0.29, 0.717) is 0 Å². The van der Waals surface area contributed by atoms with Gasteiger partial charge in [-0.05, 0) is 34.8 Å². The van der Waals surface area contributed by atoms with Crippen LogP contribution in [0.2, 0.25) is 0 Å². The SMILES string of the molecule is [2H]C([2H])(C)C(=O)Cl.[2H]C([2H])(Cl)Br.[2H]C([2H])([2H])C([2H])([2H])C(=O)Cl.[2H]C([2H])([2H])CC(=O)Cl. The summed E-state index contributed by atoms with van der Waals surface area (Å²) in [5.74, 6) is 0. The molecule has 0 saturated carbocycles. The Labute approximate surface area is 153 Å². The molecule has 0 saturated heterocycles. The standard InChI is InChI=1S/3C3H5ClO.CH2BrCl/c3*1-2-3(4)5;2-1-3/h3*2H2,1H3;1H2/i1D3,2D2;2D2;1D3;1D2. The fourth-order valence-corrected chi connectivity index (χ4v) is 0. The Morgan fingerprint density at radius 2 is 1.44 bits per heavy atom. The number of halogens is 5. The highest BCUT2D eigenvalue weighted by molar-refractivity contribution is 9.09. The second-order valence-corrected chi connectivity index (χ2v) is 3.68. The summed E-state index contributed by atoms with van der Waals surface area (Å²) in [6.07, 6.45) is -5.36. The van der Waals surface area contributed by atoms with Gasteiger partial charge in [-0.25, -0.2) is 0 Å². The van der Waals surface area contributed by atoms with Crippen LogP contribution in [0.5, 0.6) is 0 Å². The zero-order valence-corrected chi connectivity index (χ0v) is 13.4. The number of carbonyl (C=O) groups excluding carboxylic acids is 3. The molecule has 18 heavy (non-hydrogen) atoms. The molecule has 0 amide bonds. The normalized spacial score (nSPS) is 21.0. The highest BCUT2D eigenvalue weighted by Gasteiger charge is 1.81. The lowest BCUT2D eigenvalue weighted by Gasteiger charge is -1.68. The number of alkyl halides is 2. The van der Waals surface area contributed by atoms with Gasteiger partial charge in [0.05, 0.1) is 7.48 Å². The molecule has 0 rings (SSSR count). The minimum atomic E-state index is -2.98. The molecule has 0 heterocycles. The second kappa shape index (κ2) is 26.3. The van der Waals surface area contributed by atoms with E-state index < -0.39 is 53.3 Å². The first kappa shape index (κ1) is 8.18. The van der Waals surface area contributed by atoms with E-state index in [2.05, 4.69) is 27.5 Å². The third-order valence-electron chi connectivity index (χ3n) is 0.434. The Morgan fingerprint density at radius 1 is 1.06 bits per heavy atom. The van der Waals surface area contributed by atoms with E-state index in [1.54, 1.807) is 0 Å². The zero-order chi connectivity index (χ0) is 25.9. The van der Waals surface area contributed by atoms with Crippen molar-refractivity contribution in [1.29, 1.82) is 0 Å². The first-order valence-corrected chi connectivity index (χ1v) is 5.82. The van der Waals surface area contributed by atoms with Crippen LogP contribution in [0.15, 0.2) is 0 Å². The molecular weight excluding hydrogens is 390 g/mol. The summed E-state index contributed by atoms with van der Waals surface area (Å²) < 4.78 is 76.3. The first-order valence-electron chi connectivity index (χ1n) is 9.51. The average molecular weight is 419 g/mol. The lowest BCUT2D eigenvalue weighted by Crippen LogP contribution is -1.74. The molecule has 0 N–H and O–H groups in total. The van der Waals surface area contributed by atoms with Crippen molar-refractivity contribution in [3.63, 3.8) is 0 Å². The Hall–Kier alpha value is 0.650. The van der Waals surface area contributed by atoms with E-state index in [1.165, 1.54) is 0 Å². The van der Waals surface area contributed by atoms with Crippen molar-refractivity contribution in [3.05, 3.63) is 0 Å². The highest BCUT2D eigenvalue weighted by Crippen LogP contribution is 1.82. The van der Waals surface area contributed by atoms with Crippen LogP contribution in [-0.2, 0) is 14.4 Å². The van der Waals surface area contributed by atoms with Crippen LogP contribution in [0.4, 0.5) is 0 Å². The molecule has 0 aromatic carbocycles. The van der Waals surface area contributed by atoms with E-state index in [0.717, 1.165) is 6.92 Å². The van der Waals surface area contributed by atoms with Crippen LogP contribution < -0.4 is 0 Å². The largest absolute Gasteiger partial charge is 0.281 e. The molecule has 0 bridgehead atoms. The van der Waals surface area contributed by atoms with E-state index in [1.807, 2.05) is 0 Å². The van der Waals surface area contributed by atoms with Gasteiger partial charge in [-0.3, -0.25) is 14.4 Å². The summed E-state index contributed by atoms with van der Waals surface area (Å²) in [4.78, 5) is 29.9. The van der Waals surface area contributed by atoms with Crippen molar-refractivity contribution in [3.8, 4) is 0 Å². The van der Waals surface area contributed by atoms with Gasteiger partial charge in [0.25, 0.3) is 0 Å². The zero-order valence-electron chi connectivity index (χ0n) is 20.8. The Kier molecular flexibility index (Phi) is 11.9. The average Bonchev–Trinajstić information content (AvgIpc) is 2.31. The van der Waals surface area contributed by atoms with Crippen LogP contribution >= 0.6 is 62.3 Å². The predicted octanol–water partition coefficient (Wildman–Crippen LogP) is 5.06. The van der Waals surface area contributed by atoms with Gasteiger partial charge in [-0.15, -0.1) is 11.6 Å². The molecule has 0 radical (unpaired) electrons. The van der Waals surface area contributed by atoms with Crippen LogP contribution in [0.25, 0.3) is 0 Å². The molecule has 0 aliphatic carbocycles. The summed E-state index contributed by atoms with van der Waals surface area (Å²) in [5.41, 5.74) is 0. The van der Waals surface area contributed by atoms with Gasteiger partial charge in [-0.2, -0.15) is 0 Å². The van der Waals surface area contributed by atoms with Gasteiger partial charge < -0.3 is 0 Å². The first-order chi connectivity index (χ1) is 12.6. The minimum absolute atomic E-state index is 0.547. The maximum Gasteiger partial charge on any atom is 0.221 e. The van der Waals surface area contributed by atoms with E-state index in [9.17, 15) is 14.4 Å². The molecule has 0 aliphatic rings. The van der Waals surface area contributed by atoms with Gasteiger partial charge in [-0.1, -0.05) is 36.6 Å². The van der Waals surface area contributed by atoms with Gasteiger partial charge in [0, 0.05) is 32.9 Å².